The van der Waals surface area contributed by atoms with Crippen LogP contribution in [0.5, 0.6) is 5.75 Å². The van der Waals surface area contributed by atoms with Crippen molar-refractivity contribution in [1.82, 2.24) is 10.3 Å². The molecule has 0 amide bonds. The molecule has 2 N–H and O–H groups in total. The molecule has 0 bridgehead atoms. The fraction of sp³-hybridized carbons (Fsp3) is 0.438. The summed E-state index contributed by atoms with van der Waals surface area (Å²) in [4.78, 5) is 5.70. The zero-order valence-electron chi connectivity index (χ0n) is 12.6. The highest BCUT2D eigenvalue weighted by Gasteiger charge is 2.14. The smallest absolute Gasteiger partial charge is 0.137 e. The maximum Gasteiger partial charge on any atom is 0.137 e. The lowest BCUT2D eigenvalue weighted by atomic mass is 10.2. The maximum atomic E-state index is 13.9. The number of thiazole rings is 1. The SMILES string of the molecule is CCc1nc(-c2ccc(O)cc2F)sc1CNCC(C)C. The number of phenols is 1. The maximum absolute atomic E-state index is 13.9. The van der Waals surface area contributed by atoms with Crippen LogP contribution < -0.4 is 5.32 Å². The van der Waals surface area contributed by atoms with Crippen molar-refractivity contribution in [1.29, 1.82) is 0 Å². The molecule has 1 aromatic carbocycles. The molecule has 0 saturated carbocycles. The molecule has 0 aliphatic heterocycles. The number of nitrogens with one attached hydrogen (secondary N) is 1. The van der Waals surface area contributed by atoms with Gasteiger partial charge in [0.15, 0.2) is 0 Å². The van der Waals surface area contributed by atoms with Gasteiger partial charge in [0.2, 0.25) is 0 Å². The minimum Gasteiger partial charge on any atom is -0.508 e. The van der Waals surface area contributed by atoms with Gasteiger partial charge in [0.05, 0.1) is 5.69 Å². The summed E-state index contributed by atoms with van der Waals surface area (Å²) in [6.45, 7) is 8.09. The van der Waals surface area contributed by atoms with Gasteiger partial charge in [0.25, 0.3) is 0 Å². The summed E-state index contributed by atoms with van der Waals surface area (Å²) >= 11 is 1.51. The molecule has 2 aromatic rings. The number of benzene rings is 1. The highest BCUT2D eigenvalue weighted by Crippen LogP contribution is 2.31. The van der Waals surface area contributed by atoms with Crippen LogP contribution in [0.4, 0.5) is 4.39 Å². The molecule has 114 valence electrons. The van der Waals surface area contributed by atoms with Crippen LogP contribution in [0.25, 0.3) is 10.6 Å². The number of hydrogen-bond donors (Lipinski definition) is 2. The lowest BCUT2D eigenvalue weighted by molar-refractivity contribution is 0.469. The first kappa shape index (κ1) is 15.9. The molecule has 0 atom stereocenters. The number of phenolic OH excluding ortho intramolecular Hbond substituents is 1. The van der Waals surface area contributed by atoms with Gasteiger partial charge in [-0.05, 0) is 31.0 Å². The van der Waals surface area contributed by atoms with Crippen LogP contribution in [0, 0.1) is 11.7 Å². The van der Waals surface area contributed by atoms with E-state index in [1.165, 1.54) is 17.4 Å². The van der Waals surface area contributed by atoms with E-state index in [2.05, 4.69) is 31.1 Å². The summed E-state index contributed by atoms with van der Waals surface area (Å²) < 4.78 is 13.9. The van der Waals surface area contributed by atoms with E-state index in [0.29, 0.717) is 16.5 Å². The third kappa shape index (κ3) is 4.02. The average molecular weight is 308 g/mol. The van der Waals surface area contributed by atoms with E-state index in [0.717, 1.165) is 36.1 Å². The third-order valence-corrected chi connectivity index (χ3v) is 4.27. The molecule has 0 spiro atoms. The number of aryl methyl sites for hydroxylation is 1. The van der Waals surface area contributed by atoms with Crippen molar-refractivity contribution >= 4 is 11.3 Å². The standard InChI is InChI=1S/C16H21FN2OS/c1-4-14-15(9-18-8-10(2)3)21-16(19-14)12-6-5-11(20)7-13(12)17/h5-7,10,18,20H,4,8-9H2,1-3H3. The highest BCUT2D eigenvalue weighted by molar-refractivity contribution is 7.15. The molecular formula is C16H21FN2OS. The van der Waals surface area contributed by atoms with Crippen LogP contribution in [0.1, 0.15) is 31.3 Å². The van der Waals surface area contributed by atoms with Gasteiger partial charge in [-0.2, -0.15) is 0 Å². The summed E-state index contributed by atoms with van der Waals surface area (Å²) in [6.07, 6.45) is 0.828. The van der Waals surface area contributed by atoms with Crippen LogP contribution in [0.2, 0.25) is 0 Å². The van der Waals surface area contributed by atoms with E-state index in [9.17, 15) is 9.50 Å². The Morgan fingerprint density at radius 2 is 2.14 bits per heavy atom. The molecule has 0 fully saturated rings. The van der Waals surface area contributed by atoms with Gasteiger partial charge in [0.1, 0.15) is 16.6 Å². The normalized spacial score (nSPS) is 11.3. The summed E-state index contributed by atoms with van der Waals surface area (Å²) in [7, 11) is 0. The van der Waals surface area contributed by atoms with Gasteiger partial charge in [-0.15, -0.1) is 11.3 Å². The molecule has 1 heterocycles. The van der Waals surface area contributed by atoms with Gasteiger partial charge < -0.3 is 10.4 Å². The summed E-state index contributed by atoms with van der Waals surface area (Å²) in [5.41, 5.74) is 1.46. The molecule has 3 nitrogen and oxygen atoms in total. The fourth-order valence-electron chi connectivity index (χ4n) is 2.06. The van der Waals surface area contributed by atoms with E-state index in [1.54, 1.807) is 6.07 Å². The number of halogens is 1. The zero-order chi connectivity index (χ0) is 15.4. The van der Waals surface area contributed by atoms with Gasteiger partial charge >= 0.3 is 0 Å². The van der Waals surface area contributed by atoms with Crippen LogP contribution in [0.3, 0.4) is 0 Å². The second kappa shape index (κ2) is 7.00. The molecule has 1 aromatic heterocycles. The monoisotopic (exact) mass is 308 g/mol. The Morgan fingerprint density at radius 3 is 2.76 bits per heavy atom. The predicted octanol–water partition coefficient (Wildman–Crippen LogP) is 3.96. The van der Waals surface area contributed by atoms with Crippen molar-refractivity contribution < 1.29 is 9.50 Å². The third-order valence-electron chi connectivity index (χ3n) is 3.13. The van der Waals surface area contributed by atoms with Crippen molar-refractivity contribution in [2.75, 3.05) is 6.54 Å². The van der Waals surface area contributed by atoms with Gasteiger partial charge in [0, 0.05) is 23.1 Å². The zero-order valence-corrected chi connectivity index (χ0v) is 13.4. The molecule has 0 aliphatic rings. The van der Waals surface area contributed by atoms with Crippen molar-refractivity contribution in [3.63, 3.8) is 0 Å². The summed E-state index contributed by atoms with van der Waals surface area (Å²) in [5, 5.41) is 13.4. The molecular weight excluding hydrogens is 287 g/mol. The van der Waals surface area contributed by atoms with E-state index >= 15 is 0 Å². The van der Waals surface area contributed by atoms with Crippen LogP contribution in [-0.2, 0) is 13.0 Å². The quantitative estimate of drug-likeness (QED) is 0.849. The molecule has 21 heavy (non-hydrogen) atoms. The second-order valence-electron chi connectivity index (χ2n) is 5.43. The number of nitrogens with zero attached hydrogens (tertiary/aromatic N) is 1. The average Bonchev–Trinajstić information content (AvgIpc) is 2.81. The lowest BCUT2D eigenvalue weighted by Gasteiger charge is -2.06. The molecule has 0 aliphatic carbocycles. The Balaban J connectivity index is 2.23. The number of aromatic hydroxyl groups is 1. The van der Waals surface area contributed by atoms with E-state index in [1.807, 2.05) is 0 Å². The Bertz CT molecular complexity index is 610. The van der Waals surface area contributed by atoms with Crippen LogP contribution >= 0.6 is 11.3 Å². The lowest BCUT2D eigenvalue weighted by Crippen LogP contribution is -2.18. The first-order valence-corrected chi connectivity index (χ1v) is 8.01. The van der Waals surface area contributed by atoms with E-state index in [-0.39, 0.29) is 5.75 Å². The Morgan fingerprint density at radius 1 is 1.38 bits per heavy atom. The fourth-order valence-corrected chi connectivity index (χ4v) is 3.21. The van der Waals surface area contributed by atoms with E-state index < -0.39 is 5.82 Å². The van der Waals surface area contributed by atoms with Crippen molar-refractivity contribution in [3.8, 4) is 16.3 Å². The molecule has 0 unspecified atom stereocenters. The number of hydrogen-bond acceptors (Lipinski definition) is 4. The van der Waals surface area contributed by atoms with Crippen molar-refractivity contribution in [2.45, 2.75) is 33.7 Å². The molecule has 0 saturated heterocycles. The summed E-state index contributed by atoms with van der Waals surface area (Å²) in [5.74, 6) is 0.0902. The van der Waals surface area contributed by atoms with Gasteiger partial charge in [-0.1, -0.05) is 20.8 Å². The highest BCUT2D eigenvalue weighted by atomic mass is 32.1. The predicted molar refractivity (Wildman–Crippen MR) is 85.1 cm³/mol. The number of rotatable bonds is 6. The van der Waals surface area contributed by atoms with Crippen LogP contribution in [0.15, 0.2) is 18.2 Å². The Hall–Kier alpha value is -1.46. The summed E-state index contributed by atoms with van der Waals surface area (Å²) in [6, 6.07) is 4.19. The van der Waals surface area contributed by atoms with Gasteiger partial charge in [-0.3, -0.25) is 0 Å². The number of aromatic nitrogens is 1. The Labute approximate surface area is 128 Å². The second-order valence-corrected chi connectivity index (χ2v) is 6.51. The van der Waals surface area contributed by atoms with Crippen molar-refractivity contribution in [3.05, 3.63) is 34.6 Å². The van der Waals surface area contributed by atoms with E-state index in [4.69, 9.17) is 0 Å². The first-order valence-electron chi connectivity index (χ1n) is 7.19. The van der Waals surface area contributed by atoms with Crippen LogP contribution in [-0.4, -0.2) is 16.6 Å². The Kier molecular flexibility index (Phi) is 5.31. The minimum absolute atomic E-state index is 0.0673. The molecule has 2 rings (SSSR count). The minimum atomic E-state index is -0.437. The van der Waals surface area contributed by atoms with Crippen molar-refractivity contribution in [2.24, 2.45) is 5.92 Å². The molecule has 0 radical (unpaired) electrons. The first-order chi connectivity index (χ1) is 10.0. The van der Waals surface area contributed by atoms with Gasteiger partial charge in [-0.25, -0.2) is 9.37 Å². The topological polar surface area (TPSA) is 45.2 Å². The molecule has 5 heteroatoms. The largest absolute Gasteiger partial charge is 0.508 e.